The van der Waals surface area contributed by atoms with E-state index in [9.17, 15) is 4.79 Å². The van der Waals surface area contributed by atoms with E-state index < -0.39 is 0 Å². The van der Waals surface area contributed by atoms with Crippen LogP contribution >= 0.6 is 11.3 Å². The van der Waals surface area contributed by atoms with Gasteiger partial charge in [0.25, 0.3) is 5.56 Å². The first-order valence-corrected chi connectivity index (χ1v) is 4.87. The molecule has 0 aliphatic rings. The Hall–Kier alpha value is -1.16. The molecule has 0 aromatic carbocycles. The van der Waals surface area contributed by atoms with Crippen LogP contribution in [0.2, 0.25) is 0 Å². The molecule has 2 aromatic heterocycles. The normalized spacial score (nSPS) is 11.0. The van der Waals surface area contributed by atoms with E-state index in [1.54, 1.807) is 15.7 Å². The Morgan fingerprint density at radius 2 is 2.08 bits per heavy atom. The highest BCUT2D eigenvalue weighted by atomic mass is 32.1. The number of nitrogens with zero attached hydrogens (tertiary/aromatic N) is 2. The van der Waals surface area contributed by atoms with Gasteiger partial charge in [-0.25, -0.2) is 4.98 Å². The third kappa shape index (κ3) is 1.18. The van der Waals surface area contributed by atoms with Crippen molar-refractivity contribution in [1.29, 1.82) is 0 Å². The molecule has 0 amide bonds. The Labute approximate surface area is 79.7 Å². The summed E-state index contributed by atoms with van der Waals surface area (Å²) in [5.41, 5.74) is 1.61. The Morgan fingerprint density at radius 3 is 2.77 bits per heavy atom. The number of thiazole rings is 1. The molecule has 13 heavy (non-hydrogen) atoms. The van der Waals surface area contributed by atoms with E-state index in [1.165, 1.54) is 0 Å². The Bertz CT molecular complexity index is 524. The smallest absolute Gasteiger partial charge is 0.261 e. The molecule has 0 spiro atoms. The Kier molecular flexibility index (Phi) is 1.73. The SMILES string of the molecule is Cc1cn2c(=O)c(C)c(C)nc2s1. The maximum absolute atomic E-state index is 11.7. The number of hydrogen-bond donors (Lipinski definition) is 0. The van der Waals surface area contributed by atoms with Gasteiger partial charge < -0.3 is 0 Å². The van der Waals surface area contributed by atoms with E-state index in [-0.39, 0.29) is 5.56 Å². The van der Waals surface area contributed by atoms with Gasteiger partial charge in [-0.15, -0.1) is 11.3 Å². The van der Waals surface area contributed by atoms with Crippen molar-refractivity contribution in [2.75, 3.05) is 0 Å². The topological polar surface area (TPSA) is 34.4 Å². The van der Waals surface area contributed by atoms with Crippen LogP contribution in [0, 0.1) is 20.8 Å². The standard InChI is InChI=1S/C9H10N2OS/c1-5-4-11-8(12)6(2)7(3)10-9(11)13-5/h4H,1-3H3. The van der Waals surface area contributed by atoms with E-state index >= 15 is 0 Å². The number of aryl methyl sites for hydroxylation is 2. The lowest BCUT2D eigenvalue weighted by Crippen LogP contribution is -2.17. The molecule has 4 heteroatoms. The molecule has 2 rings (SSSR count). The van der Waals surface area contributed by atoms with Crippen molar-refractivity contribution in [3.63, 3.8) is 0 Å². The second-order valence-corrected chi connectivity index (χ2v) is 4.33. The summed E-state index contributed by atoms with van der Waals surface area (Å²) in [4.78, 5) is 17.9. The molecule has 0 saturated heterocycles. The second-order valence-electron chi connectivity index (χ2n) is 3.12. The molecule has 0 N–H and O–H groups in total. The number of hydrogen-bond acceptors (Lipinski definition) is 3. The quantitative estimate of drug-likeness (QED) is 0.639. The van der Waals surface area contributed by atoms with Gasteiger partial charge in [0.15, 0.2) is 4.96 Å². The molecule has 0 aliphatic carbocycles. The molecule has 0 aliphatic heterocycles. The Balaban J connectivity index is 3.01. The van der Waals surface area contributed by atoms with Crippen molar-refractivity contribution >= 4 is 16.3 Å². The van der Waals surface area contributed by atoms with Crippen LogP contribution in [0.3, 0.4) is 0 Å². The van der Waals surface area contributed by atoms with Crippen LogP contribution in [0.5, 0.6) is 0 Å². The summed E-state index contributed by atoms with van der Waals surface area (Å²) in [7, 11) is 0. The lowest BCUT2D eigenvalue weighted by Gasteiger charge is -1.97. The number of fused-ring (bicyclic) bond motifs is 1. The van der Waals surface area contributed by atoms with Crippen molar-refractivity contribution < 1.29 is 0 Å². The van der Waals surface area contributed by atoms with E-state index in [0.717, 1.165) is 21.1 Å². The highest BCUT2D eigenvalue weighted by Crippen LogP contribution is 2.13. The monoisotopic (exact) mass is 194 g/mol. The fraction of sp³-hybridized carbons (Fsp3) is 0.333. The molecule has 0 unspecified atom stereocenters. The van der Waals surface area contributed by atoms with Crippen LogP contribution in [0.15, 0.2) is 11.0 Å². The largest absolute Gasteiger partial charge is 0.269 e. The first-order chi connectivity index (χ1) is 6.09. The molecule has 0 bridgehead atoms. The zero-order valence-corrected chi connectivity index (χ0v) is 8.60. The molecule has 2 aromatic rings. The van der Waals surface area contributed by atoms with Gasteiger partial charge in [-0.1, -0.05) is 0 Å². The molecular formula is C9H10N2OS. The average molecular weight is 194 g/mol. The molecule has 0 fully saturated rings. The summed E-state index contributed by atoms with van der Waals surface area (Å²) in [5.74, 6) is 0. The minimum atomic E-state index is 0.0480. The molecule has 3 nitrogen and oxygen atoms in total. The van der Waals surface area contributed by atoms with Crippen molar-refractivity contribution in [1.82, 2.24) is 9.38 Å². The van der Waals surface area contributed by atoms with Gasteiger partial charge in [-0.3, -0.25) is 9.20 Å². The average Bonchev–Trinajstić information content (AvgIpc) is 2.42. The summed E-state index contributed by atoms with van der Waals surface area (Å²) in [6.07, 6.45) is 1.84. The third-order valence-corrected chi connectivity index (χ3v) is 3.01. The van der Waals surface area contributed by atoms with Gasteiger partial charge in [0.1, 0.15) is 0 Å². The van der Waals surface area contributed by atoms with Gasteiger partial charge in [-0.2, -0.15) is 0 Å². The molecule has 68 valence electrons. The molecular weight excluding hydrogens is 184 g/mol. The zero-order chi connectivity index (χ0) is 9.59. The lowest BCUT2D eigenvalue weighted by molar-refractivity contribution is 1.00. The van der Waals surface area contributed by atoms with Crippen molar-refractivity contribution in [3.8, 4) is 0 Å². The maximum atomic E-state index is 11.7. The first-order valence-electron chi connectivity index (χ1n) is 4.05. The van der Waals surface area contributed by atoms with Gasteiger partial charge in [0.2, 0.25) is 0 Å². The van der Waals surface area contributed by atoms with Crippen LogP contribution in [0.25, 0.3) is 4.96 Å². The van der Waals surface area contributed by atoms with Crippen molar-refractivity contribution in [2.24, 2.45) is 0 Å². The maximum Gasteiger partial charge on any atom is 0.261 e. The van der Waals surface area contributed by atoms with Crippen LogP contribution < -0.4 is 5.56 Å². The summed E-state index contributed by atoms with van der Waals surface area (Å²) in [6.45, 7) is 5.65. The summed E-state index contributed by atoms with van der Waals surface area (Å²) >= 11 is 1.54. The molecule has 0 atom stereocenters. The van der Waals surface area contributed by atoms with Crippen LogP contribution in [-0.4, -0.2) is 9.38 Å². The van der Waals surface area contributed by atoms with Gasteiger partial charge >= 0.3 is 0 Å². The van der Waals surface area contributed by atoms with Crippen molar-refractivity contribution in [3.05, 3.63) is 32.7 Å². The predicted molar refractivity (Wildman–Crippen MR) is 53.6 cm³/mol. The Morgan fingerprint density at radius 1 is 1.38 bits per heavy atom. The zero-order valence-electron chi connectivity index (χ0n) is 7.79. The molecule has 0 radical (unpaired) electrons. The van der Waals surface area contributed by atoms with Gasteiger partial charge in [0, 0.05) is 22.3 Å². The number of rotatable bonds is 0. The van der Waals surface area contributed by atoms with Gasteiger partial charge in [0.05, 0.1) is 0 Å². The minimum Gasteiger partial charge on any atom is -0.269 e. The van der Waals surface area contributed by atoms with E-state index in [0.29, 0.717) is 0 Å². The summed E-state index contributed by atoms with van der Waals surface area (Å²) in [5, 5.41) is 0. The molecule has 0 saturated carbocycles. The fourth-order valence-electron chi connectivity index (χ4n) is 1.24. The molecule has 2 heterocycles. The van der Waals surface area contributed by atoms with Crippen LogP contribution in [0.1, 0.15) is 16.1 Å². The first kappa shape index (κ1) is 8.44. The highest BCUT2D eigenvalue weighted by Gasteiger charge is 2.06. The summed E-state index contributed by atoms with van der Waals surface area (Å²) < 4.78 is 1.61. The van der Waals surface area contributed by atoms with Crippen LogP contribution in [-0.2, 0) is 0 Å². The second kappa shape index (κ2) is 2.67. The third-order valence-electron chi connectivity index (χ3n) is 2.11. The minimum absolute atomic E-state index is 0.0480. The number of aromatic nitrogens is 2. The van der Waals surface area contributed by atoms with E-state index in [1.807, 2.05) is 27.0 Å². The van der Waals surface area contributed by atoms with E-state index in [2.05, 4.69) is 4.98 Å². The van der Waals surface area contributed by atoms with Gasteiger partial charge in [-0.05, 0) is 20.8 Å². The fourth-order valence-corrected chi connectivity index (χ4v) is 2.10. The predicted octanol–water partition coefficient (Wildman–Crippen LogP) is 1.68. The van der Waals surface area contributed by atoms with E-state index in [4.69, 9.17) is 0 Å². The highest BCUT2D eigenvalue weighted by molar-refractivity contribution is 7.16. The van der Waals surface area contributed by atoms with Crippen LogP contribution in [0.4, 0.5) is 0 Å². The van der Waals surface area contributed by atoms with Crippen molar-refractivity contribution in [2.45, 2.75) is 20.8 Å². The summed E-state index contributed by atoms with van der Waals surface area (Å²) in [6, 6.07) is 0. The lowest BCUT2D eigenvalue weighted by atomic mass is 10.3.